The van der Waals surface area contributed by atoms with E-state index in [2.05, 4.69) is 105 Å². The Labute approximate surface area is 156 Å². The van der Waals surface area contributed by atoms with Crippen LogP contribution in [0.1, 0.15) is 39.3 Å². The third kappa shape index (κ3) is 3.24. The van der Waals surface area contributed by atoms with Crippen LogP contribution in [0.25, 0.3) is 22.5 Å². The van der Waals surface area contributed by atoms with E-state index in [0.29, 0.717) is 6.04 Å². The third-order valence-electron chi connectivity index (χ3n) is 4.90. The zero-order valence-electron chi connectivity index (χ0n) is 16.6. The van der Waals surface area contributed by atoms with Crippen molar-refractivity contribution in [2.24, 2.45) is 0 Å². The van der Waals surface area contributed by atoms with E-state index in [9.17, 15) is 0 Å². The van der Waals surface area contributed by atoms with E-state index in [0.717, 1.165) is 17.0 Å². The molecule has 0 N–H and O–H groups in total. The van der Waals surface area contributed by atoms with Crippen LogP contribution in [0.5, 0.6) is 0 Å². The number of nitrogens with zero attached hydrogens (tertiary/aromatic N) is 4. The number of aromatic nitrogens is 3. The first-order valence-electron chi connectivity index (χ1n) is 9.25. The summed E-state index contributed by atoms with van der Waals surface area (Å²) in [6.45, 7) is 10.8. The van der Waals surface area contributed by atoms with Gasteiger partial charge in [-0.1, -0.05) is 47.7 Å². The van der Waals surface area contributed by atoms with Gasteiger partial charge < -0.3 is 4.90 Å². The second-order valence-electron chi connectivity index (χ2n) is 7.36. The molecule has 0 fully saturated rings. The van der Waals surface area contributed by atoms with Crippen molar-refractivity contribution < 1.29 is 0 Å². The number of hydrogen-bond donors (Lipinski definition) is 0. The van der Waals surface area contributed by atoms with Gasteiger partial charge in [0, 0.05) is 35.9 Å². The second-order valence-corrected chi connectivity index (χ2v) is 7.36. The summed E-state index contributed by atoms with van der Waals surface area (Å²) in [5.41, 5.74) is 6.73. The minimum atomic E-state index is 0.229. The monoisotopic (exact) mass is 348 g/mol. The number of anilines is 1. The lowest BCUT2D eigenvalue weighted by Crippen LogP contribution is -2.26. The fourth-order valence-corrected chi connectivity index (χ4v) is 3.19. The normalized spacial score (nSPS) is 11.4. The van der Waals surface area contributed by atoms with Gasteiger partial charge in [0.1, 0.15) is 5.69 Å². The molecule has 4 heteroatoms. The zero-order chi connectivity index (χ0) is 18.8. The summed E-state index contributed by atoms with van der Waals surface area (Å²) < 4.78 is 2.04. The molecule has 0 aliphatic heterocycles. The van der Waals surface area contributed by atoms with Gasteiger partial charge in [-0.3, -0.25) is 0 Å². The maximum atomic E-state index is 4.58. The molecule has 136 valence electrons. The van der Waals surface area contributed by atoms with Gasteiger partial charge in [0.05, 0.1) is 5.69 Å². The van der Waals surface area contributed by atoms with E-state index in [1.54, 1.807) is 0 Å². The maximum absolute atomic E-state index is 4.58. The Morgan fingerprint density at radius 3 is 2.12 bits per heavy atom. The number of para-hydroxylation sites is 1. The molecular weight excluding hydrogens is 320 g/mol. The van der Waals surface area contributed by atoms with Crippen molar-refractivity contribution in [3.05, 3.63) is 54.1 Å². The van der Waals surface area contributed by atoms with Crippen molar-refractivity contribution in [3.8, 4) is 22.5 Å². The van der Waals surface area contributed by atoms with Crippen LogP contribution in [0.4, 0.5) is 5.69 Å². The number of rotatable bonds is 5. The van der Waals surface area contributed by atoms with Gasteiger partial charge in [-0.2, -0.15) is 0 Å². The minimum absolute atomic E-state index is 0.229. The number of aryl methyl sites for hydroxylation is 1. The highest BCUT2D eigenvalue weighted by molar-refractivity contribution is 5.86. The highest BCUT2D eigenvalue weighted by atomic mass is 15.4. The van der Waals surface area contributed by atoms with Crippen molar-refractivity contribution >= 4 is 5.69 Å². The molecule has 1 heterocycles. The molecular formula is C22H28N4. The van der Waals surface area contributed by atoms with E-state index in [1.807, 2.05) is 4.68 Å². The van der Waals surface area contributed by atoms with Crippen LogP contribution in [0.3, 0.4) is 0 Å². The highest BCUT2D eigenvalue weighted by Gasteiger charge is 2.23. The molecule has 3 aromatic rings. The molecule has 1 aromatic heterocycles. The van der Waals surface area contributed by atoms with Crippen molar-refractivity contribution in [1.29, 1.82) is 0 Å². The summed E-state index contributed by atoms with van der Waals surface area (Å²) in [4.78, 5) is 2.30. The average molecular weight is 348 g/mol. The van der Waals surface area contributed by atoms with Crippen LogP contribution in [0.2, 0.25) is 0 Å². The van der Waals surface area contributed by atoms with E-state index in [4.69, 9.17) is 0 Å². The van der Waals surface area contributed by atoms with Crippen molar-refractivity contribution in [3.63, 3.8) is 0 Å². The SMILES string of the molecule is Cc1ccccc1-c1nnn(C(C)C)c1-c1ccccc1N(C)C(C)C. The zero-order valence-corrected chi connectivity index (χ0v) is 16.6. The Kier molecular flexibility index (Phi) is 5.12. The minimum Gasteiger partial charge on any atom is -0.372 e. The lowest BCUT2D eigenvalue weighted by Gasteiger charge is -2.27. The van der Waals surface area contributed by atoms with Gasteiger partial charge in [0.2, 0.25) is 0 Å². The van der Waals surface area contributed by atoms with Gasteiger partial charge in [0.25, 0.3) is 0 Å². The first kappa shape index (κ1) is 18.2. The smallest absolute Gasteiger partial charge is 0.121 e. The fraction of sp³-hybridized carbons (Fsp3) is 0.364. The molecule has 0 amide bonds. The number of hydrogen-bond acceptors (Lipinski definition) is 3. The number of benzene rings is 2. The third-order valence-corrected chi connectivity index (χ3v) is 4.90. The molecule has 0 saturated heterocycles. The fourth-order valence-electron chi connectivity index (χ4n) is 3.19. The lowest BCUT2D eigenvalue weighted by atomic mass is 9.99. The topological polar surface area (TPSA) is 34.0 Å². The van der Waals surface area contributed by atoms with E-state index in [-0.39, 0.29) is 6.04 Å². The van der Waals surface area contributed by atoms with Crippen molar-refractivity contribution in [2.45, 2.75) is 46.7 Å². The summed E-state index contributed by atoms with van der Waals surface area (Å²) >= 11 is 0. The molecule has 2 aromatic carbocycles. The quantitative estimate of drug-likeness (QED) is 0.623. The van der Waals surface area contributed by atoms with Crippen LogP contribution in [0, 0.1) is 6.92 Å². The summed E-state index contributed by atoms with van der Waals surface area (Å²) in [5.74, 6) is 0. The van der Waals surface area contributed by atoms with E-state index < -0.39 is 0 Å². The van der Waals surface area contributed by atoms with Crippen molar-refractivity contribution in [1.82, 2.24) is 15.0 Å². The molecule has 0 spiro atoms. The molecule has 0 saturated carbocycles. The first-order valence-corrected chi connectivity index (χ1v) is 9.25. The Morgan fingerprint density at radius 2 is 1.50 bits per heavy atom. The summed E-state index contributed by atoms with van der Waals surface area (Å²) in [6, 6.07) is 17.5. The predicted molar refractivity (Wildman–Crippen MR) is 110 cm³/mol. The Hall–Kier alpha value is -2.62. The van der Waals surface area contributed by atoms with Gasteiger partial charge in [-0.15, -0.1) is 5.10 Å². The maximum Gasteiger partial charge on any atom is 0.121 e. The molecule has 4 nitrogen and oxygen atoms in total. The molecule has 0 atom stereocenters. The Bertz CT molecular complexity index is 893. The first-order chi connectivity index (χ1) is 12.4. The van der Waals surface area contributed by atoms with Crippen LogP contribution >= 0.6 is 0 Å². The van der Waals surface area contributed by atoms with Crippen molar-refractivity contribution in [2.75, 3.05) is 11.9 Å². The Morgan fingerprint density at radius 1 is 0.885 bits per heavy atom. The van der Waals surface area contributed by atoms with Crippen LogP contribution in [0.15, 0.2) is 48.5 Å². The summed E-state index contributed by atoms with van der Waals surface area (Å²) in [6.07, 6.45) is 0. The largest absolute Gasteiger partial charge is 0.372 e. The summed E-state index contributed by atoms with van der Waals surface area (Å²) in [5, 5.41) is 9.09. The molecule has 0 unspecified atom stereocenters. The van der Waals surface area contributed by atoms with Gasteiger partial charge >= 0.3 is 0 Å². The molecule has 0 radical (unpaired) electrons. The van der Waals surface area contributed by atoms with Gasteiger partial charge in [-0.05, 0) is 46.2 Å². The van der Waals surface area contributed by atoms with E-state index in [1.165, 1.54) is 16.8 Å². The lowest BCUT2D eigenvalue weighted by molar-refractivity contribution is 0.519. The standard InChI is InChI=1S/C22H28N4/c1-15(2)25(6)20-14-10-9-13-19(20)22-21(23-24-26(22)16(3)4)18-12-8-7-11-17(18)5/h7-16H,1-6H3. The highest BCUT2D eigenvalue weighted by Crippen LogP contribution is 2.38. The Balaban J connectivity index is 2.29. The molecule has 3 rings (SSSR count). The molecule has 0 aliphatic rings. The average Bonchev–Trinajstić information content (AvgIpc) is 3.06. The van der Waals surface area contributed by atoms with Gasteiger partial charge in [-0.25, -0.2) is 4.68 Å². The second kappa shape index (κ2) is 7.32. The van der Waals surface area contributed by atoms with Gasteiger partial charge in [0.15, 0.2) is 0 Å². The predicted octanol–water partition coefficient (Wildman–Crippen LogP) is 5.35. The van der Waals surface area contributed by atoms with E-state index >= 15 is 0 Å². The summed E-state index contributed by atoms with van der Waals surface area (Å²) in [7, 11) is 2.14. The molecule has 0 bridgehead atoms. The van der Waals surface area contributed by atoms with Crippen LogP contribution < -0.4 is 4.90 Å². The van der Waals surface area contributed by atoms with Crippen LogP contribution in [-0.4, -0.2) is 28.1 Å². The molecule has 26 heavy (non-hydrogen) atoms. The molecule has 0 aliphatic carbocycles. The van der Waals surface area contributed by atoms with Crippen LogP contribution in [-0.2, 0) is 0 Å².